The Hall–Kier alpha value is -1.64. The van der Waals surface area contributed by atoms with Crippen molar-refractivity contribution in [2.75, 3.05) is 6.61 Å². The molecule has 23 heavy (non-hydrogen) atoms. The quantitative estimate of drug-likeness (QED) is 0.372. The number of terminal acetylenes is 1. The topological polar surface area (TPSA) is 9.23 Å². The third-order valence-corrected chi connectivity index (χ3v) is 11.0. The summed E-state index contributed by atoms with van der Waals surface area (Å²) in [4.78, 5) is 0. The lowest BCUT2D eigenvalue weighted by Gasteiger charge is -2.38. The zero-order chi connectivity index (χ0) is 17.5. The van der Waals surface area contributed by atoms with E-state index in [0.717, 1.165) is 17.7 Å². The molecule has 0 amide bonds. The van der Waals surface area contributed by atoms with Gasteiger partial charge in [-0.2, -0.15) is 0 Å². The van der Waals surface area contributed by atoms with Gasteiger partial charge in [0.05, 0.1) is 6.61 Å². The van der Waals surface area contributed by atoms with Crippen LogP contribution in [0, 0.1) is 23.8 Å². The molecule has 0 atom stereocenters. The minimum Gasteiger partial charge on any atom is -0.493 e. The monoisotopic (exact) mass is 326 g/mol. The van der Waals surface area contributed by atoms with Crippen LogP contribution >= 0.6 is 0 Å². The first-order valence-corrected chi connectivity index (χ1v) is 10.8. The fourth-order valence-corrected chi connectivity index (χ4v) is 8.81. The van der Waals surface area contributed by atoms with E-state index < -0.39 is 8.07 Å². The van der Waals surface area contributed by atoms with E-state index in [4.69, 9.17) is 11.2 Å². The van der Waals surface area contributed by atoms with Crippen LogP contribution in [0.2, 0.25) is 16.6 Å². The first-order chi connectivity index (χ1) is 10.8. The molecule has 0 aliphatic heterocycles. The highest BCUT2D eigenvalue weighted by molar-refractivity contribution is 6.90. The number of hydrogen-bond acceptors (Lipinski definition) is 1. The molecule has 0 saturated carbocycles. The molecule has 1 aromatic carbocycles. The standard InChI is InChI=1S/C21H30OSi/c1-8-20-11-13-21(14-12-20)22-15-9-10-16-23(17(2)3,18(4)5)19(6)7/h1,11-14,17-19H,9,15H2,2-7H3. The predicted molar refractivity (Wildman–Crippen MR) is 103 cm³/mol. The summed E-state index contributed by atoms with van der Waals surface area (Å²) >= 11 is 0. The number of hydrogen-bond donors (Lipinski definition) is 0. The van der Waals surface area contributed by atoms with Gasteiger partial charge in [-0.1, -0.05) is 47.5 Å². The fourth-order valence-electron chi connectivity index (χ4n) is 3.52. The Morgan fingerprint density at radius 2 is 1.48 bits per heavy atom. The largest absolute Gasteiger partial charge is 0.493 e. The van der Waals surface area contributed by atoms with Gasteiger partial charge in [-0.3, -0.25) is 0 Å². The Kier molecular flexibility index (Phi) is 7.47. The highest BCUT2D eigenvalue weighted by Crippen LogP contribution is 2.40. The second kappa shape index (κ2) is 8.85. The van der Waals surface area contributed by atoms with Crippen molar-refractivity contribution in [2.45, 2.75) is 64.6 Å². The van der Waals surface area contributed by atoms with Crippen LogP contribution in [-0.4, -0.2) is 14.7 Å². The van der Waals surface area contributed by atoms with E-state index in [-0.39, 0.29) is 0 Å². The molecule has 0 bridgehead atoms. The summed E-state index contributed by atoms with van der Waals surface area (Å²) in [7, 11) is -1.61. The summed E-state index contributed by atoms with van der Waals surface area (Å²) in [6.07, 6.45) is 6.12. The van der Waals surface area contributed by atoms with Crippen LogP contribution in [0.15, 0.2) is 24.3 Å². The molecule has 2 heteroatoms. The summed E-state index contributed by atoms with van der Waals surface area (Å²) < 4.78 is 5.75. The van der Waals surface area contributed by atoms with Gasteiger partial charge in [-0.15, -0.1) is 17.9 Å². The lowest BCUT2D eigenvalue weighted by atomic mass is 10.2. The molecule has 0 N–H and O–H groups in total. The van der Waals surface area contributed by atoms with Gasteiger partial charge in [-0.25, -0.2) is 0 Å². The Bertz CT molecular complexity index is 557. The minimum absolute atomic E-state index is 0.626. The summed E-state index contributed by atoms with van der Waals surface area (Å²) in [5, 5.41) is 0. The van der Waals surface area contributed by atoms with Crippen molar-refractivity contribution in [1.82, 2.24) is 0 Å². The van der Waals surface area contributed by atoms with Gasteiger partial charge in [0.2, 0.25) is 0 Å². The van der Waals surface area contributed by atoms with E-state index in [1.807, 2.05) is 24.3 Å². The summed E-state index contributed by atoms with van der Waals surface area (Å²) in [5.74, 6) is 6.88. The van der Waals surface area contributed by atoms with Gasteiger partial charge in [0.1, 0.15) is 13.8 Å². The van der Waals surface area contributed by atoms with Crippen LogP contribution in [0.4, 0.5) is 0 Å². The lowest BCUT2D eigenvalue weighted by molar-refractivity contribution is 0.327. The first kappa shape index (κ1) is 19.4. The Balaban J connectivity index is 2.66. The second-order valence-electron chi connectivity index (χ2n) is 6.97. The molecule has 1 aromatic rings. The smallest absolute Gasteiger partial charge is 0.145 e. The Morgan fingerprint density at radius 3 is 1.91 bits per heavy atom. The van der Waals surface area contributed by atoms with E-state index in [2.05, 4.69) is 58.9 Å². The van der Waals surface area contributed by atoms with E-state index in [9.17, 15) is 0 Å². The van der Waals surface area contributed by atoms with Crippen LogP contribution < -0.4 is 4.74 Å². The normalized spacial score (nSPS) is 11.3. The highest BCUT2D eigenvalue weighted by Gasteiger charge is 2.41. The molecule has 0 saturated heterocycles. The molecular formula is C21H30OSi. The van der Waals surface area contributed by atoms with Crippen molar-refractivity contribution in [3.05, 3.63) is 29.8 Å². The highest BCUT2D eigenvalue weighted by atomic mass is 28.3. The van der Waals surface area contributed by atoms with Crippen LogP contribution in [0.1, 0.15) is 53.5 Å². The van der Waals surface area contributed by atoms with E-state index in [1.54, 1.807) is 0 Å². The molecule has 1 rings (SSSR count). The molecule has 0 aliphatic rings. The minimum atomic E-state index is -1.61. The summed E-state index contributed by atoms with van der Waals surface area (Å²) in [5.41, 5.74) is 6.61. The summed E-state index contributed by atoms with van der Waals surface area (Å²) in [6, 6.07) is 7.63. The molecule has 0 spiro atoms. The predicted octanol–water partition coefficient (Wildman–Crippen LogP) is 5.66. The second-order valence-corrected chi connectivity index (χ2v) is 12.5. The maximum absolute atomic E-state index is 5.75. The molecule has 0 heterocycles. The first-order valence-electron chi connectivity index (χ1n) is 8.54. The molecular weight excluding hydrogens is 296 g/mol. The molecule has 1 nitrogen and oxygen atoms in total. The number of ether oxygens (including phenoxy) is 1. The molecule has 0 fully saturated rings. The van der Waals surface area contributed by atoms with Gasteiger partial charge in [-0.05, 0) is 40.9 Å². The van der Waals surface area contributed by atoms with E-state index in [1.165, 1.54) is 0 Å². The maximum Gasteiger partial charge on any atom is 0.145 e. The van der Waals surface area contributed by atoms with Crippen molar-refractivity contribution >= 4 is 8.07 Å². The number of rotatable bonds is 6. The Labute approximate surface area is 143 Å². The number of benzene rings is 1. The molecule has 0 radical (unpaired) electrons. The zero-order valence-electron chi connectivity index (χ0n) is 15.4. The van der Waals surface area contributed by atoms with Crippen molar-refractivity contribution in [2.24, 2.45) is 0 Å². The van der Waals surface area contributed by atoms with Crippen LogP contribution in [0.25, 0.3) is 0 Å². The van der Waals surface area contributed by atoms with Gasteiger partial charge in [0, 0.05) is 12.0 Å². The van der Waals surface area contributed by atoms with Crippen LogP contribution in [-0.2, 0) is 0 Å². The van der Waals surface area contributed by atoms with Gasteiger partial charge < -0.3 is 4.74 Å². The SMILES string of the molecule is C#Cc1ccc(OCCC#C[Si](C(C)C)(C(C)C)C(C)C)cc1. The van der Waals surface area contributed by atoms with Crippen molar-refractivity contribution in [3.63, 3.8) is 0 Å². The average molecular weight is 327 g/mol. The van der Waals surface area contributed by atoms with Crippen LogP contribution in [0.5, 0.6) is 5.75 Å². The lowest BCUT2D eigenvalue weighted by Crippen LogP contribution is -2.43. The third-order valence-electron chi connectivity index (χ3n) is 4.69. The van der Waals surface area contributed by atoms with Crippen molar-refractivity contribution < 1.29 is 4.74 Å². The van der Waals surface area contributed by atoms with E-state index >= 15 is 0 Å². The molecule has 0 aromatic heterocycles. The summed E-state index contributed by atoms with van der Waals surface area (Å²) in [6.45, 7) is 14.7. The fraction of sp³-hybridized carbons (Fsp3) is 0.524. The average Bonchev–Trinajstić information content (AvgIpc) is 2.50. The van der Waals surface area contributed by atoms with Crippen LogP contribution in [0.3, 0.4) is 0 Å². The maximum atomic E-state index is 5.75. The molecule has 0 aliphatic carbocycles. The van der Waals surface area contributed by atoms with Gasteiger partial charge in [0.25, 0.3) is 0 Å². The third kappa shape index (κ3) is 4.92. The van der Waals surface area contributed by atoms with Crippen molar-refractivity contribution in [1.29, 1.82) is 0 Å². The van der Waals surface area contributed by atoms with Gasteiger partial charge in [0.15, 0.2) is 0 Å². The Morgan fingerprint density at radius 1 is 0.957 bits per heavy atom. The molecule has 0 unspecified atom stereocenters. The van der Waals surface area contributed by atoms with E-state index in [0.29, 0.717) is 23.2 Å². The van der Waals surface area contributed by atoms with Gasteiger partial charge >= 0.3 is 0 Å². The zero-order valence-corrected chi connectivity index (χ0v) is 16.4. The van der Waals surface area contributed by atoms with Crippen molar-refractivity contribution in [3.8, 4) is 29.6 Å². The molecule has 124 valence electrons.